The second kappa shape index (κ2) is 4.91. The van der Waals surface area contributed by atoms with E-state index < -0.39 is 7.12 Å². The zero-order valence-corrected chi connectivity index (χ0v) is 10.5. The van der Waals surface area contributed by atoms with E-state index >= 15 is 0 Å². The number of anilines is 1. The summed E-state index contributed by atoms with van der Waals surface area (Å²) in [6.45, 7) is 0.564. The Morgan fingerprint density at radius 3 is 2.55 bits per heavy atom. The Bertz CT molecular complexity index is 741. The average molecular weight is 269 g/mol. The highest BCUT2D eigenvalue weighted by Gasteiger charge is 2.11. The summed E-state index contributed by atoms with van der Waals surface area (Å²) in [6, 6.07) is 6.99. The molecule has 0 radical (unpaired) electrons. The number of aromatic nitrogens is 4. The first-order valence-corrected chi connectivity index (χ1v) is 6.01. The fraction of sp³-hybridized carbons (Fsp3) is 0.0833. The summed E-state index contributed by atoms with van der Waals surface area (Å²) in [5.41, 5.74) is 8.43. The van der Waals surface area contributed by atoms with Crippen molar-refractivity contribution in [2.24, 2.45) is 0 Å². The monoisotopic (exact) mass is 269 g/mol. The van der Waals surface area contributed by atoms with Gasteiger partial charge in [-0.3, -0.25) is 0 Å². The molecule has 0 unspecified atom stereocenters. The third kappa shape index (κ3) is 2.22. The summed E-state index contributed by atoms with van der Waals surface area (Å²) in [7, 11) is -1.45. The Labute approximate surface area is 114 Å². The third-order valence-corrected chi connectivity index (χ3v) is 3.06. The van der Waals surface area contributed by atoms with Crippen LogP contribution in [0.15, 0.2) is 36.9 Å². The summed E-state index contributed by atoms with van der Waals surface area (Å²) < 4.78 is 1.86. The van der Waals surface area contributed by atoms with Crippen LogP contribution in [0.4, 0.5) is 5.82 Å². The first-order valence-electron chi connectivity index (χ1n) is 6.01. The van der Waals surface area contributed by atoms with Gasteiger partial charge in [-0.1, -0.05) is 24.3 Å². The molecule has 0 aliphatic carbocycles. The zero-order valence-electron chi connectivity index (χ0n) is 10.5. The molecule has 0 aliphatic rings. The number of hydrogen-bond acceptors (Lipinski definition) is 6. The van der Waals surface area contributed by atoms with E-state index in [1.165, 1.54) is 6.33 Å². The minimum absolute atomic E-state index is 0.354. The van der Waals surface area contributed by atoms with Crippen LogP contribution in [0.25, 0.3) is 11.2 Å². The zero-order chi connectivity index (χ0) is 14.1. The minimum Gasteiger partial charge on any atom is -0.423 e. The van der Waals surface area contributed by atoms with Crippen molar-refractivity contribution >= 4 is 29.6 Å². The highest BCUT2D eigenvalue weighted by Crippen LogP contribution is 2.15. The quantitative estimate of drug-likeness (QED) is 0.533. The number of benzene rings is 1. The number of nitrogen functional groups attached to an aromatic ring is 1. The van der Waals surface area contributed by atoms with E-state index in [-0.39, 0.29) is 0 Å². The van der Waals surface area contributed by atoms with Crippen molar-refractivity contribution < 1.29 is 10.0 Å². The first kappa shape index (κ1) is 12.6. The van der Waals surface area contributed by atoms with Crippen molar-refractivity contribution in [3.63, 3.8) is 0 Å². The van der Waals surface area contributed by atoms with Gasteiger partial charge in [0.2, 0.25) is 0 Å². The van der Waals surface area contributed by atoms with E-state index in [9.17, 15) is 0 Å². The highest BCUT2D eigenvalue weighted by molar-refractivity contribution is 6.58. The molecule has 1 aromatic carbocycles. The smallest absolute Gasteiger partial charge is 0.423 e. The summed E-state index contributed by atoms with van der Waals surface area (Å²) in [5, 5.41) is 18.1. The average Bonchev–Trinajstić information content (AvgIpc) is 2.84. The Morgan fingerprint density at radius 2 is 1.85 bits per heavy atom. The van der Waals surface area contributed by atoms with Crippen molar-refractivity contribution in [2.75, 3.05) is 5.73 Å². The van der Waals surface area contributed by atoms with Gasteiger partial charge in [0.15, 0.2) is 11.5 Å². The molecule has 2 aromatic heterocycles. The first-order chi connectivity index (χ1) is 9.65. The van der Waals surface area contributed by atoms with Crippen LogP contribution >= 0.6 is 0 Å². The maximum absolute atomic E-state index is 9.05. The van der Waals surface area contributed by atoms with Crippen molar-refractivity contribution in [3.05, 3.63) is 42.5 Å². The van der Waals surface area contributed by atoms with Crippen LogP contribution < -0.4 is 11.2 Å². The van der Waals surface area contributed by atoms with Crippen LogP contribution in [0, 0.1) is 0 Å². The molecule has 4 N–H and O–H groups in total. The third-order valence-electron chi connectivity index (χ3n) is 3.06. The van der Waals surface area contributed by atoms with Gasteiger partial charge in [-0.15, -0.1) is 0 Å². The molecule has 0 saturated heterocycles. The SMILES string of the molecule is Nc1ncnc2c1ncn2Cc1ccc(B(O)O)cc1. The van der Waals surface area contributed by atoms with E-state index in [2.05, 4.69) is 15.0 Å². The van der Waals surface area contributed by atoms with Crippen LogP contribution in [-0.2, 0) is 6.54 Å². The molecule has 0 fully saturated rings. The Balaban J connectivity index is 1.91. The van der Waals surface area contributed by atoms with Gasteiger partial charge in [-0.05, 0) is 11.0 Å². The standard InChI is InChI=1S/C12H12BN5O2/c14-11-10-12(16-6-15-11)18(7-17-10)5-8-1-3-9(4-2-8)13(19)20/h1-4,6-7,19-20H,5H2,(H2,14,15,16). The van der Waals surface area contributed by atoms with E-state index in [1.54, 1.807) is 18.5 Å². The lowest BCUT2D eigenvalue weighted by atomic mass is 9.80. The molecule has 100 valence electrons. The van der Waals surface area contributed by atoms with E-state index in [1.807, 2.05) is 16.7 Å². The largest absolute Gasteiger partial charge is 0.488 e. The van der Waals surface area contributed by atoms with Gasteiger partial charge in [-0.2, -0.15) is 0 Å². The van der Waals surface area contributed by atoms with Gasteiger partial charge < -0.3 is 20.3 Å². The van der Waals surface area contributed by atoms with Gasteiger partial charge in [-0.25, -0.2) is 15.0 Å². The van der Waals surface area contributed by atoms with Crippen molar-refractivity contribution in [2.45, 2.75) is 6.54 Å². The number of rotatable bonds is 3. The lowest BCUT2D eigenvalue weighted by Crippen LogP contribution is -2.29. The number of nitrogens with two attached hydrogens (primary N) is 1. The molecule has 3 aromatic rings. The molecule has 0 spiro atoms. The molecule has 8 heteroatoms. The molecule has 2 heterocycles. The maximum atomic E-state index is 9.05. The van der Waals surface area contributed by atoms with Crippen molar-refractivity contribution in [3.8, 4) is 0 Å². The topological polar surface area (TPSA) is 110 Å². The Hall–Kier alpha value is -2.45. The summed E-state index contributed by atoms with van der Waals surface area (Å²) >= 11 is 0. The molecular formula is C12H12BN5O2. The number of imidazole rings is 1. The van der Waals surface area contributed by atoms with Gasteiger partial charge >= 0.3 is 7.12 Å². The second-order valence-electron chi connectivity index (χ2n) is 4.42. The number of nitrogens with zero attached hydrogens (tertiary/aromatic N) is 4. The molecule has 0 bridgehead atoms. The van der Waals surface area contributed by atoms with Crippen molar-refractivity contribution in [1.82, 2.24) is 19.5 Å². The fourth-order valence-electron chi connectivity index (χ4n) is 2.01. The number of hydrogen-bond donors (Lipinski definition) is 3. The summed E-state index contributed by atoms with van der Waals surface area (Å²) in [5.74, 6) is 0.354. The fourth-order valence-corrected chi connectivity index (χ4v) is 2.01. The molecule has 0 saturated carbocycles. The van der Waals surface area contributed by atoms with Crippen LogP contribution in [0.5, 0.6) is 0 Å². The molecule has 7 nitrogen and oxygen atoms in total. The molecule has 3 rings (SSSR count). The van der Waals surface area contributed by atoms with Crippen LogP contribution in [-0.4, -0.2) is 36.7 Å². The Morgan fingerprint density at radius 1 is 1.10 bits per heavy atom. The minimum atomic E-state index is -1.45. The van der Waals surface area contributed by atoms with Gasteiger partial charge in [0.25, 0.3) is 0 Å². The van der Waals surface area contributed by atoms with Crippen molar-refractivity contribution in [1.29, 1.82) is 0 Å². The summed E-state index contributed by atoms with van der Waals surface area (Å²) in [4.78, 5) is 12.3. The molecule has 0 atom stereocenters. The van der Waals surface area contributed by atoms with E-state index in [0.29, 0.717) is 29.0 Å². The lowest BCUT2D eigenvalue weighted by molar-refractivity contribution is 0.426. The normalized spacial score (nSPS) is 10.9. The number of fused-ring (bicyclic) bond motifs is 1. The molecule has 20 heavy (non-hydrogen) atoms. The van der Waals surface area contributed by atoms with Crippen LogP contribution in [0.3, 0.4) is 0 Å². The van der Waals surface area contributed by atoms with Gasteiger partial charge in [0.1, 0.15) is 11.8 Å². The molecule has 0 amide bonds. The summed E-state index contributed by atoms with van der Waals surface area (Å²) in [6.07, 6.45) is 3.06. The highest BCUT2D eigenvalue weighted by atomic mass is 16.4. The molecule has 0 aliphatic heterocycles. The molecular weight excluding hydrogens is 257 g/mol. The van der Waals surface area contributed by atoms with Crippen LogP contribution in [0.1, 0.15) is 5.56 Å². The van der Waals surface area contributed by atoms with Gasteiger partial charge in [0.05, 0.1) is 12.9 Å². The Kier molecular flexibility index (Phi) is 3.09. The predicted octanol–water partition coefficient (Wildman–Crippen LogP) is -0.863. The second-order valence-corrected chi connectivity index (χ2v) is 4.42. The van der Waals surface area contributed by atoms with E-state index in [4.69, 9.17) is 15.8 Å². The predicted molar refractivity (Wildman–Crippen MR) is 75.1 cm³/mol. The van der Waals surface area contributed by atoms with Crippen LogP contribution in [0.2, 0.25) is 0 Å². The lowest BCUT2D eigenvalue weighted by Gasteiger charge is -2.05. The maximum Gasteiger partial charge on any atom is 0.488 e. The van der Waals surface area contributed by atoms with E-state index in [0.717, 1.165) is 5.56 Å². The van der Waals surface area contributed by atoms with Gasteiger partial charge in [0, 0.05) is 0 Å².